The van der Waals surface area contributed by atoms with Crippen molar-refractivity contribution in [3.8, 4) is 5.75 Å². The zero-order valence-electron chi connectivity index (χ0n) is 11.5. The Kier molecular flexibility index (Phi) is 4.19. The van der Waals surface area contributed by atoms with Crippen molar-refractivity contribution in [1.82, 2.24) is 9.80 Å². The minimum atomic E-state index is -0.858. The summed E-state index contributed by atoms with van der Waals surface area (Å²) < 4.78 is 5.19. The van der Waals surface area contributed by atoms with E-state index in [-0.39, 0.29) is 0 Å². The molecule has 1 amide bonds. The first kappa shape index (κ1) is 14.3. The fourth-order valence-electron chi connectivity index (χ4n) is 2.32. The van der Waals surface area contributed by atoms with Crippen LogP contribution in [0.25, 0.3) is 0 Å². The van der Waals surface area contributed by atoms with E-state index in [1.807, 2.05) is 12.1 Å². The maximum Gasteiger partial charge on any atom is 0.407 e. The number of benzene rings is 1. The van der Waals surface area contributed by atoms with Crippen LogP contribution in [-0.2, 0) is 6.54 Å². The molecule has 110 valence electrons. The number of methoxy groups -OCH3 is 1. The molecule has 1 aromatic carbocycles. The summed E-state index contributed by atoms with van der Waals surface area (Å²) in [7, 11) is 1.56. The molecule has 1 fully saturated rings. The summed E-state index contributed by atoms with van der Waals surface area (Å²) in [4.78, 5) is 14.5. The number of piperazine rings is 1. The maximum atomic E-state index is 10.8. The highest BCUT2D eigenvalue weighted by Crippen LogP contribution is 2.29. The van der Waals surface area contributed by atoms with Crippen molar-refractivity contribution in [3.63, 3.8) is 0 Å². The largest absolute Gasteiger partial charge is 0.495 e. The van der Waals surface area contributed by atoms with E-state index in [1.165, 1.54) is 4.90 Å². The van der Waals surface area contributed by atoms with Gasteiger partial charge >= 0.3 is 6.09 Å². The van der Waals surface area contributed by atoms with Gasteiger partial charge < -0.3 is 26.2 Å². The van der Waals surface area contributed by atoms with E-state index in [4.69, 9.17) is 21.3 Å². The summed E-state index contributed by atoms with van der Waals surface area (Å²) in [5.74, 6) is 0.573. The third-order valence-electron chi connectivity index (χ3n) is 3.50. The molecular weight excluding hydrogens is 260 g/mol. The molecule has 1 aromatic rings. The van der Waals surface area contributed by atoms with Crippen molar-refractivity contribution in [2.75, 3.05) is 44.8 Å². The summed E-state index contributed by atoms with van der Waals surface area (Å²) in [6, 6.07) is 3.71. The highest BCUT2D eigenvalue weighted by atomic mass is 16.5. The molecule has 20 heavy (non-hydrogen) atoms. The minimum absolute atomic E-state index is 0.451. The molecule has 7 heteroatoms. The van der Waals surface area contributed by atoms with Crippen molar-refractivity contribution in [1.29, 1.82) is 0 Å². The Bertz CT molecular complexity index is 499. The van der Waals surface area contributed by atoms with Gasteiger partial charge in [-0.3, -0.25) is 4.90 Å². The smallest absolute Gasteiger partial charge is 0.407 e. The Balaban J connectivity index is 2.01. The number of nitrogens with two attached hydrogens (primary N) is 2. The number of nitrogen functional groups attached to an aromatic ring is 2. The van der Waals surface area contributed by atoms with E-state index >= 15 is 0 Å². The molecule has 0 aliphatic carbocycles. The van der Waals surface area contributed by atoms with Gasteiger partial charge in [0.2, 0.25) is 0 Å². The topological polar surface area (TPSA) is 105 Å². The summed E-state index contributed by atoms with van der Waals surface area (Å²) in [5, 5.41) is 8.91. The van der Waals surface area contributed by atoms with Gasteiger partial charge in [-0.1, -0.05) is 0 Å². The molecular formula is C13H20N4O3. The Morgan fingerprint density at radius 2 is 1.95 bits per heavy atom. The average molecular weight is 280 g/mol. The fraction of sp³-hybridized carbons (Fsp3) is 0.462. The van der Waals surface area contributed by atoms with Gasteiger partial charge in [0.25, 0.3) is 0 Å². The minimum Gasteiger partial charge on any atom is -0.495 e. The van der Waals surface area contributed by atoms with Crippen molar-refractivity contribution >= 4 is 17.5 Å². The molecule has 1 aliphatic rings. The van der Waals surface area contributed by atoms with Crippen LogP contribution in [-0.4, -0.2) is 54.3 Å². The first-order valence-corrected chi connectivity index (χ1v) is 6.43. The summed E-state index contributed by atoms with van der Waals surface area (Å²) >= 11 is 0. The van der Waals surface area contributed by atoms with E-state index in [1.54, 1.807) is 7.11 Å². The van der Waals surface area contributed by atoms with Crippen LogP contribution < -0.4 is 16.2 Å². The number of ether oxygens (including phenoxy) is 1. The van der Waals surface area contributed by atoms with Gasteiger partial charge in [0.05, 0.1) is 18.5 Å². The van der Waals surface area contributed by atoms with Gasteiger partial charge in [0.15, 0.2) is 0 Å². The third-order valence-corrected chi connectivity index (χ3v) is 3.50. The monoisotopic (exact) mass is 280 g/mol. The molecule has 0 unspecified atom stereocenters. The molecule has 1 aliphatic heterocycles. The van der Waals surface area contributed by atoms with Crippen LogP contribution in [0.1, 0.15) is 5.56 Å². The second-order valence-corrected chi connectivity index (χ2v) is 4.85. The lowest BCUT2D eigenvalue weighted by Crippen LogP contribution is -2.47. The fourth-order valence-corrected chi connectivity index (χ4v) is 2.32. The third kappa shape index (κ3) is 3.05. The Labute approximate surface area is 117 Å². The highest BCUT2D eigenvalue weighted by molar-refractivity contribution is 5.72. The summed E-state index contributed by atoms with van der Waals surface area (Å²) in [6.07, 6.45) is -0.858. The lowest BCUT2D eigenvalue weighted by Gasteiger charge is -2.33. The second kappa shape index (κ2) is 5.87. The van der Waals surface area contributed by atoms with E-state index in [9.17, 15) is 4.79 Å². The number of rotatable bonds is 3. The van der Waals surface area contributed by atoms with Crippen molar-refractivity contribution in [2.45, 2.75) is 6.54 Å². The van der Waals surface area contributed by atoms with Crippen LogP contribution >= 0.6 is 0 Å². The lowest BCUT2D eigenvalue weighted by atomic mass is 10.1. The van der Waals surface area contributed by atoms with Gasteiger partial charge in [0, 0.05) is 32.7 Å². The van der Waals surface area contributed by atoms with Crippen molar-refractivity contribution in [2.24, 2.45) is 0 Å². The van der Waals surface area contributed by atoms with Crippen LogP contribution in [0, 0.1) is 0 Å². The summed E-state index contributed by atoms with van der Waals surface area (Å²) in [5.41, 5.74) is 13.6. The normalized spacial score (nSPS) is 16.1. The second-order valence-electron chi connectivity index (χ2n) is 4.85. The first-order chi connectivity index (χ1) is 9.51. The molecule has 0 bridgehead atoms. The van der Waals surface area contributed by atoms with E-state index in [0.717, 1.165) is 5.56 Å². The first-order valence-electron chi connectivity index (χ1n) is 6.43. The van der Waals surface area contributed by atoms with E-state index < -0.39 is 6.09 Å². The van der Waals surface area contributed by atoms with Crippen LogP contribution in [0.2, 0.25) is 0 Å². The zero-order chi connectivity index (χ0) is 14.7. The standard InChI is InChI=1S/C13H20N4O3/c1-20-11-7-9(6-10(14)12(11)15)8-16-2-4-17(5-3-16)13(18)19/h6-7H,2-5,8,14-15H2,1H3,(H,18,19). The predicted molar refractivity (Wildman–Crippen MR) is 76.7 cm³/mol. The highest BCUT2D eigenvalue weighted by Gasteiger charge is 2.20. The molecule has 0 aromatic heterocycles. The molecule has 0 radical (unpaired) electrons. The van der Waals surface area contributed by atoms with Gasteiger partial charge in [-0.15, -0.1) is 0 Å². The molecule has 5 N–H and O–H groups in total. The molecule has 1 heterocycles. The number of anilines is 2. The SMILES string of the molecule is COc1cc(CN2CCN(C(=O)O)CC2)cc(N)c1N. The van der Waals surface area contributed by atoms with Crippen LogP contribution in [0.4, 0.5) is 16.2 Å². The van der Waals surface area contributed by atoms with Crippen LogP contribution in [0.5, 0.6) is 5.75 Å². The molecule has 2 rings (SSSR count). The molecule has 0 atom stereocenters. The van der Waals surface area contributed by atoms with Gasteiger partial charge in [-0.05, 0) is 17.7 Å². The number of carboxylic acid groups (broad SMARTS) is 1. The summed E-state index contributed by atoms with van der Waals surface area (Å²) in [6.45, 7) is 3.17. The lowest BCUT2D eigenvalue weighted by molar-refractivity contribution is 0.103. The van der Waals surface area contributed by atoms with Crippen LogP contribution in [0.15, 0.2) is 12.1 Å². The Morgan fingerprint density at radius 1 is 1.30 bits per heavy atom. The molecule has 0 saturated carbocycles. The van der Waals surface area contributed by atoms with Crippen molar-refractivity contribution < 1.29 is 14.6 Å². The van der Waals surface area contributed by atoms with Crippen molar-refractivity contribution in [3.05, 3.63) is 17.7 Å². The van der Waals surface area contributed by atoms with Gasteiger partial charge in [-0.2, -0.15) is 0 Å². The molecule has 1 saturated heterocycles. The Hall–Kier alpha value is -2.15. The molecule has 0 spiro atoms. The number of hydrogen-bond donors (Lipinski definition) is 3. The zero-order valence-corrected chi connectivity index (χ0v) is 11.5. The van der Waals surface area contributed by atoms with E-state index in [2.05, 4.69) is 4.90 Å². The van der Waals surface area contributed by atoms with Gasteiger partial charge in [0.1, 0.15) is 5.75 Å². The Morgan fingerprint density at radius 3 is 2.50 bits per heavy atom. The maximum absolute atomic E-state index is 10.8. The number of carbonyl (C=O) groups is 1. The van der Waals surface area contributed by atoms with E-state index in [0.29, 0.717) is 49.8 Å². The molecule has 7 nitrogen and oxygen atoms in total. The number of nitrogens with zero attached hydrogens (tertiary/aromatic N) is 2. The number of amides is 1. The van der Waals surface area contributed by atoms with Gasteiger partial charge in [-0.25, -0.2) is 4.79 Å². The quantitative estimate of drug-likeness (QED) is 0.702. The number of hydrogen-bond acceptors (Lipinski definition) is 5. The predicted octanol–water partition coefficient (Wildman–Crippen LogP) is 0.655. The average Bonchev–Trinajstić information content (AvgIpc) is 2.43. The van der Waals surface area contributed by atoms with Crippen LogP contribution in [0.3, 0.4) is 0 Å².